The smallest absolute Gasteiger partial charge is 0.146 e. The first kappa shape index (κ1) is 11.7. The minimum atomic E-state index is 0.0444. The van der Waals surface area contributed by atoms with Crippen LogP contribution in [0.25, 0.3) is 0 Å². The number of alkyl halides is 1. The number of halogens is 1. The van der Waals surface area contributed by atoms with Gasteiger partial charge in [-0.15, -0.1) is 0 Å². The molecule has 0 N–H and O–H groups in total. The summed E-state index contributed by atoms with van der Waals surface area (Å²) >= 11 is 3.45. The maximum Gasteiger partial charge on any atom is 0.146 e. The molecule has 0 aromatic rings. The second-order valence-electron chi connectivity index (χ2n) is 4.12. The van der Waals surface area contributed by atoms with E-state index in [0.717, 1.165) is 22.2 Å². The lowest BCUT2D eigenvalue weighted by Crippen LogP contribution is -2.42. The summed E-state index contributed by atoms with van der Waals surface area (Å²) in [7, 11) is 0.821. The molecule has 0 aromatic heterocycles. The van der Waals surface area contributed by atoms with E-state index in [1.165, 1.54) is 0 Å². The van der Waals surface area contributed by atoms with Crippen LogP contribution in [-0.4, -0.2) is 21.4 Å². The van der Waals surface area contributed by atoms with E-state index in [1.807, 2.05) is 0 Å². The quantitative estimate of drug-likeness (QED) is 0.539. The van der Waals surface area contributed by atoms with Crippen molar-refractivity contribution in [2.75, 3.05) is 5.33 Å². The first-order valence-electron chi connectivity index (χ1n) is 3.98. The minimum Gasteiger partial charge on any atom is -0.422 e. The third kappa shape index (κ3) is 2.88. The van der Waals surface area contributed by atoms with Crippen LogP contribution in [0.2, 0.25) is 0 Å². The zero-order chi connectivity index (χ0) is 9.12. The lowest BCUT2D eigenvalue weighted by molar-refractivity contribution is -0.0118. The van der Waals surface area contributed by atoms with Crippen LogP contribution in [-0.2, 0) is 4.43 Å². The van der Waals surface area contributed by atoms with E-state index in [-0.39, 0.29) is 11.0 Å². The van der Waals surface area contributed by atoms with Gasteiger partial charge in [-0.25, -0.2) is 0 Å². The predicted molar refractivity (Wildman–Crippen MR) is 57.3 cm³/mol. The molecule has 0 saturated heterocycles. The van der Waals surface area contributed by atoms with E-state index in [9.17, 15) is 0 Å². The monoisotopic (exact) mass is 238 g/mol. The molecule has 0 radical (unpaired) electrons. The van der Waals surface area contributed by atoms with Crippen LogP contribution in [0.5, 0.6) is 0 Å². The van der Waals surface area contributed by atoms with Crippen molar-refractivity contribution in [2.45, 2.75) is 39.7 Å². The Labute approximate surface area is 81.6 Å². The molecule has 0 aliphatic rings. The average molecular weight is 239 g/mol. The Balaban J connectivity index is 4.33. The van der Waals surface area contributed by atoms with Crippen LogP contribution in [0.3, 0.4) is 0 Å². The first-order chi connectivity index (χ1) is 4.87. The van der Waals surface area contributed by atoms with Gasteiger partial charge in [-0.1, -0.05) is 36.7 Å². The van der Waals surface area contributed by atoms with E-state index in [1.54, 1.807) is 0 Å². The Morgan fingerprint density at radius 2 is 1.73 bits per heavy atom. The molecule has 0 spiro atoms. The second-order valence-corrected chi connectivity index (χ2v) is 5.33. The molecule has 0 saturated carbocycles. The maximum atomic E-state index is 5.65. The zero-order valence-corrected chi connectivity index (χ0v) is 11.8. The summed E-state index contributed by atoms with van der Waals surface area (Å²) in [5.41, 5.74) is 0.283. The highest BCUT2D eigenvalue weighted by Crippen LogP contribution is 2.35. The molecule has 0 aromatic carbocycles. The number of hydrogen-bond acceptors (Lipinski definition) is 1. The van der Waals surface area contributed by atoms with Crippen LogP contribution in [0.4, 0.5) is 0 Å². The molecule has 0 heterocycles. The van der Waals surface area contributed by atoms with Crippen molar-refractivity contribution < 1.29 is 4.43 Å². The SMILES string of the molecule is CC(C)(C)C(C)(CCBr)O[SiH3]. The maximum absolute atomic E-state index is 5.65. The molecule has 1 atom stereocenters. The number of rotatable bonds is 3. The third-order valence-electron chi connectivity index (χ3n) is 2.61. The highest BCUT2D eigenvalue weighted by atomic mass is 79.9. The fraction of sp³-hybridized carbons (Fsp3) is 1.00. The van der Waals surface area contributed by atoms with Gasteiger partial charge in [0.15, 0.2) is 0 Å². The molecule has 0 aliphatic carbocycles. The molecule has 0 rings (SSSR count). The topological polar surface area (TPSA) is 9.23 Å². The number of hydrogen-bond donors (Lipinski definition) is 0. The highest BCUT2D eigenvalue weighted by Gasteiger charge is 2.35. The Kier molecular flexibility index (Phi) is 4.30. The van der Waals surface area contributed by atoms with Gasteiger partial charge >= 0.3 is 0 Å². The zero-order valence-electron chi connectivity index (χ0n) is 8.20. The first-order valence-corrected chi connectivity index (χ1v) is 5.92. The lowest BCUT2D eigenvalue weighted by atomic mass is 9.76. The highest BCUT2D eigenvalue weighted by molar-refractivity contribution is 9.09. The Morgan fingerprint density at radius 1 is 1.27 bits per heavy atom. The average Bonchev–Trinajstić information content (AvgIpc) is 1.86. The molecule has 1 unspecified atom stereocenters. The van der Waals surface area contributed by atoms with Crippen LogP contribution in [0, 0.1) is 5.41 Å². The standard InChI is InChI=1S/C8H19BrOSi/c1-7(2,3)8(4,10-11)5-6-9/h5-6H2,1-4,11H3. The Morgan fingerprint density at radius 3 is 1.82 bits per heavy atom. The third-order valence-corrected chi connectivity index (χ3v) is 3.91. The van der Waals surface area contributed by atoms with Gasteiger partial charge in [0, 0.05) is 5.33 Å². The van der Waals surface area contributed by atoms with E-state index in [4.69, 9.17) is 4.43 Å². The predicted octanol–water partition coefficient (Wildman–Crippen LogP) is 1.87. The van der Waals surface area contributed by atoms with Crippen molar-refractivity contribution in [3.8, 4) is 0 Å². The molecule has 0 amide bonds. The molecular weight excluding hydrogens is 220 g/mol. The molecule has 0 aliphatic heterocycles. The van der Waals surface area contributed by atoms with Gasteiger partial charge in [-0.05, 0) is 18.8 Å². The van der Waals surface area contributed by atoms with E-state index in [2.05, 4.69) is 43.6 Å². The van der Waals surface area contributed by atoms with Gasteiger partial charge < -0.3 is 4.43 Å². The second kappa shape index (κ2) is 4.05. The molecule has 3 heteroatoms. The van der Waals surface area contributed by atoms with Crippen LogP contribution in [0.15, 0.2) is 0 Å². The summed E-state index contributed by atoms with van der Waals surface area (Å²) in [5, 5.41) is 1.02. The van der Waals surface area contributed by atoms with Crippen molar-refractivity contribution in [1.82, 2.24) is 0 Å². The molecule has 0 fully saturated rings. The van der Waals surface area contributed by atoms with Gasteiger partial charge in [0.2, 0.25) is 0 Å². The van der Waals surface area contributed by atoms with Gasteiger partial charge in [0.1, 0.15) is 10.5 Å². The summed E-state index contributed by atoms with van der Waals surface area (Å²) in [6.45, 7) is 8.88. The minimum absolute atomic E-state index is 0.0444. The van der Waals surface area contributed by atoms with Crippen LogP contribution < -0.4 is 0 Å². The largest absolute Gasteiger partial charge is 0.422 e. The Bertz CT molecular complexity index is 122. The fourth-order valence-electron chi connectivity index (χ4n) is 0.964. The van der Waals surface area contributed by atoms with E-state index >= 15 is 0 Å². The van der Waals surface area contributed by atoms with Crippen molar-refractivity contribution in [3.63, 3.8) is 0 Å². The molecule has 1 nitrogen and oxygen atoms in total. The van der Waals surface area contributed by atoms with Crippen molar-refractivity contribution >= 4 is 26.4 Å². The van der Waals surface area contributed by atoms with Gasteiger partial charge in [-0.2, -0.15) is 0 Å². The summed E-state index contributed by atoms with van der Waals surface area (Å²) < 4.78 is 5.65. The molecule has 0 bridgehead atoms. The van der Waals surface area contributed by atoms with Gasteiger partial charge in [0.05, 0.1) is 5.60 Å². The van der Waals surface area contributed by atoms with Crippen LogP contribution >= 0.6 is 15.9 Å². The lowest BCUT2D eigenvalue weighted by Gasteiger charge is -2.41. The van der Waals surface area contributed by atoms with Crippen molar-refractivity contribution in [1.29, 1.82) is 0 Å². The molecule has 68 valence electrons. The van der Waals surface area contributed by atoms with Crippen LogP contribution in [0.1, 0.15) is 34.1 Å². The fourth-order valence-corrected chi connectivity index (χ4v) is 2.54. The van der Waals surface area contributed by atoms with E-state index < -0.39 is 0 Å². The summed E-state index contributed by atoms with van der Waals surface area (Å²) in [5.74, 6) is 0. The summed E-state index contributed by atoms with van der Waals surface area (Å²) in [6, 6.07) is 0. The summed E-state index contributed by atoms with van der Waals surface area (Å²) in [4.78, 5) is 0. The van der Waals surface area contributed by atoms with Gasteiger partial charge in [0.25, 0.3) is 0 Å². The van der Waals surface area contributed by atoms with Crippen molar-refractivity contribution in [3.05, 3.63) is 0 Å². The summed E-state index contributed by atoms with van der Waals surface area (Å²) in [6.07, 6.45) is 1.08. The van der Waals surface area contributed by atoms with E-state index in [0.29, 0.717) is 0 Å². The molecule has 11 heavy (non-hydrogen) atoms. The normalized spacial score (nSPS) is 18.3. The van der Waals surface area contributed by atoms with Gasteiger partial charge in [-0.3, -0.25) is 0 Å². The Hall–Kier alpha value is 0.657. The van der Waals surface area contributed by atoms with Crippen molar-refractivity contribution in [2.24, 2.45) is 5.41 Å². The molecular formula is C8H19BrOSi.